The molecule has 1 heterocycles. The summed E-state index contributed by atoms with van der Waals surface area (Å²) < 4.78 is 5.38. The fourth-order valence-electron chi connectivity index (χ4n) is 2.76. The Bertz CT molecular complexity index is 758. The third-order valence-electron chi connectivity index (χ3n) is 4.04. The summed E-state index contributed by atoms with van der Waals surface area (Å²) in [6.07, 6.45) is 0. The van der Waals surface area contributed by atoms with E-state index in [9.17, 15) is 9.90 Å². The fraction of sp³-hybridized carbons (Fsp3) is 0.278. The van der Waals surface area contributed by atoms with Gasteiger partial charge in [-0.1, -0.05) is 29.8 Å². The minimum absolute atomic E-state index is 0.00931. The smallest absolute Gasteiger partial charge is 0.259 e. The van der Waals surface area contributed by atoms with Crippen LogP contribution in [0.15, 0.2) is 36.4 Å². The second kappa shape index (κ2) is 7.11. The lowest BCUT2D eigenvalue weighted by Crippen LogP contribution is -2.37. The van der Waals surface area contributed by atoms with Crippen LogP contribution in [0.3, 0.4) is 0 Å². The summed E-state index contributed by atoms with van der Waals surface area (Å²) in [6, 6.07) is 10.5. The number of ether oxygens (including phenoxy) is 1. The first kappa shape index (κ1) is 16.6. The first-order valence-electron chi connectivity index (χ1n) is 7.79. The first-order chi connectivity index (χ1) is 11.6. The van der Waals surface area contributed by atoms with Crippen molar-refractivity contribution in [1.29, 1.82) is 0 Å². The molecule has 1 aliphatic rings. The topological polar surface area (TPSA) is 61.8 Å². The summed E-state index contributed by atoms with van der Waals surface area (Å²) in [7, 11) is 0. The van der Waals surface area contributed by atoms with Crippen molar-refractivity contribution in [2.45, 2.75) is 6.92 Å². The van der Waals surface area contributed by atoms with Crippen LogP contribution < -0.4 is 10.2 Å². The highest BCUT2D eigenvalue weighted by Gasteiger charge is 2.20. The first-order valence-corrected chi connectivity index (χ1v) is 8.17. The number of carbonyl (C=O) groups is 1. The van der Waals surface area contributed by atoms with Crippen LogP contribution in [0.2, 0.25) is 5.02 Å². The van der Waals surface area contributed by atoms with E-state index >= 15 is 0 Å². The van der Waals surface area contributed by atoms with E-state index in [4.69, 9.17) is 16.3 Å². The number of phenolic OH excluding ortho intramolecular Hbond substituents is 1. The highest BCUT2D eigenvalue weighted by molar-refractivity contribution is 6.34. The number of hydrogen-bond donors (Lipinski definition) is 2. The van der Waals surface area contributed by atoms with Crippen molar-refractivity contribution < 1.29 is 14.6 Å². The standard InChI is InChI=1S/C18H19ClN2O3/c1-12-4-2-5-13(17(12)22)18(23)20-15-7-3-6-14(19)16(15)21-8-10-24-11-9-21/h2-7,22H,8-11H2,1H3,(H,20,23). The molecule has 2 N–H and O–H groups in total. The molecule has 1 saturated heterocycles. The molecular weight excluding hydrogens is 328 g/mol. The zero-order chi connectivity index (χ0) is 17.1. The second-order valence-corrected chi connectivity index (χ2v) is 6.07. The molecule has 0 atom stereocenters. The van der Waals surface area contributed by atoms with Gasteiger partial charge < -0.3 is 20.1 Å². The Labute approximate surface area is 145 Å². The van der Waals surface area contributed by atoms with Gasteiger partial charge in [0.25, 0.3) is 5.91 Å². The normalized spacial score (nSPS) is 14.5. The summed E-state index contributed by atoms with van der Waals surface area (Å²) in [5.41, 5.74) is 2.29. The van der Waals surface area contributed by atoms with Crippen LogP contribution in [0, 0.1) is 6.92 Å². The van der Waals surface area contributed by atoms with E-state index in [0.717, 1.165) is 5.69 Å². The molecule has 0 spiro atoms. The molecule has 1 amide bonds. The number of benzene rings is 2. The zero-order valence-electron chi connectivity index (χ0n) is 13.4. The molecule has 3 rings (SSSR count). The van der Waals surface area contributed by atoms with Crippen molar-refractivity contribution in [1.82, 2.24) is 0 Å². The molecular formula is C18H19ClN2O3. The Hall–Kier alpha value is -2.24. The van der Waals surface area contributed by atoms with Crippen molar-refractivity contribution >= 4 is 28.9 Å². The van der Waals surface area contributed by atoms with Gasteiger partial charge in [0.05, 0.1) is 35.2 Å². The highest BCUT2D eigenvalue weighted by atomic mass is 35.5. The number of nitrogens with one attached hydrogen (secondary N) is 1. The predicted molar refractivity (Wildman–Crippen MR) is 95.3 cm³/mol. The Balaban J connectivity index is 1.91. The number of nitrogens with zero attached hydrogens (tertiary/aromatic N) is 1. The van der Waals surface area contributed by atoms with Crippen LogP contribution in [0.1, 0.15) is 15.9 Å². The number of phenols is 1. The number of amides is 1. The molecule has 0 aliphatic carbocycles. The number of morpholine rings is 1. The molecule has 1 fully saturated rings. The third kappa shape index (κ3) is 3.32. The van der Waals surface area contributed by atoms with E-state index in [1.54, 1.807) is 43.3 Å². The molecule has 0 radical (unpaired) electrons. The van der Waals surface area contributed by atoms with Crippen LogP contribution >= 0.6 is 11.6 Å². The van der Waals surface area contributed by atoms with E-state index in [1.165, 1.54) is 0 Å². The van der Waals surface area contributed by atoms with Gasteiger partial charge in [0.1, 0.15) is 5.75 Å². The molecule has 0 aromatic heterocycles. The minimum Gasteiger partial charge on any atom is -0.507 e. The molecule has 6 heteroatoms. The largest absolute Gasteiger partial charge is 0.507 e. The number of halogens is 1. The Morgan fingerprint density at radius 3 is 2.67 bits per heavy atom. The van der Waals surface area contributed by atoms with Crippen LogP contribution in [0.25, 0.3) is 0 Å². The lowest BCUT2D eigenvalue weighted by atomic mass is 10.1. The Kier molecular flexibility index (Phi) is 4.92. The number of hydrogen-bond acceptors (Lipinski definition) is 4. The number of aromatic hydroxyl groups is 1. The maximum absolute atomic E-state index is 12.6. The zero-order valence-corrected chi connectivity index (χ0v) is 14.1. The van der Waals surface area contributed by atoms with Gasteiger partial charge in [-0.05, 0) is 30.7 Å². The summed E-state index contributed by atoms with van der Waals surface area (Å²) in [5.74, 6) is -0.377. The number of aryl methyl sites for hydroxylation is 1. The van der Waals surface area contributed by atoms with E-state index in [2.05, 4.69) is 10.2 Å². The average molecular weight is 347 g/mol. The molecule has 1 aliphatic heterocycles. The molecule has 0 unspecified atom stereocenters. The van der Waals surface area contributed by atoms with Crippen LogP contribution in [0.5, 0.6) is 5.75 Å². The van der Waals surface area contributed by atoms with E-state index in [0.29, 0.717) is 42.6 Å². The Morgan fingerprint density at radius 1 is 1.21 bits per heavy atom. The van der Waals surface area contributed by atoms with Gasteiger partial charge in [-0.3, -0.25) is 4.79 Å². The van der Waals surface area contributed by atoms with E-state index in [-0.39, 0.29) is 17.2 Å². The van der Waals surface area contributed by atoms with E-state index < -0.39 is 0 Å². The summed E-state index contributed by atoms with van der Waals surface area (Å²) in [6.45, 7) is 4.42. The molecule has 2 aromatic rings. The van der Waals surface area contributed by atoms with Gasteiger partial charge in [-0.15, -0.1) is 0 Å². The lowest BCUT2D eigenvalue weighted by molar-refractivity contribution is 0.102. The maximum Gasteiger partial charge on any atom is 0.259 e. The van der Waals surface area contributed by atoms with Crippen molar-refractivity contribution in [3.05, 3.63) is 52.5 Å². The van der Waals surface area contributed by atoms with Gasteiger partial charge in [0, 0.05) is 13.1 Å². The maximum atomic E-state index is 12.6. The molecule has 5 nitrogen and oxygen atoms in total. The Morgan fingerprint density at radius 2 is 1.92 bits per heavy atom. The third-order valence-corrected chi connectivity index (χ3v) is 4.35. The van der Waals surface area contributed by atoms with Crippen molar-refractivity contribution in [3.63, 3.8) is 0 Å². The minimum atomic E-state index is -0.368. The molecule has 2 aromatic carbocycles. The highest BCUT2D eigenvalue weighted by Crippen LogP contribution is 2.35. The molecule has 126 valence electrons. The monoisotopic (exact) mass is 346 g/mol. The number of anilines is 2. The molecule has 0 saturated carbocycles. The van der Waals surface area contributed by atoms with Crippen molar-refractivity contribution in [2.24, 2.45) is 0 Å². The molecule has 24 heavy (non-hydrogen) atoms. The summed E-state index contributed by atoms with van der Waals surface area (Å²) >= 11 is 6.37. The average Bonchev–Trinajstić information content (AvgIpc) is 2.58. The van der Waals surface area contributed by atoms with Crippen LogP contribution in [-0.2, 0) is 4.74 Å². The van der Waals surface area contributed by atoms with Gasteiger partial charge in [0.2, 0.25) is 0 Å². The van der Waals surface area contributed by atoms with Gasteiger partial charge in [-0.25, -0.2) is 0 Å². The van der Waals surface area contributed by atoms with Crippen LogP contribution in [-0.4, -0.2) is 37.3 Å². The fourth-order valence-corrected chi connectivity index (χ4v) is 3.05. The molecule has 0 bridgehead atoms. The number of carbonyl (C=O) groups excluding carboxylic acids is 1. The second-order valence-electron chi connectivity index (χ2n) is 5.66. The van der Waals surface area contributed by atoms with E-state index in [1.807, 2.05) is 0 Å². The number of para-hydroxylation sites is 2. The lowest BCUT2D eigenvalue weighted by Gasteiger charge is -2.31. The summed E-state index contributed by atoms with van der Waals surface area (Å²) in [5, 5.41) is 13.5. The SMILES string of the molecule is Cc1cccc(C(=O)Nc2cccc(Cl)c2N2CCOCC2)c1O. The van der Waals surface area contributed by atoms with Crippen LogP contribution in [0.4, 0.5) is 11.4 Å². The number of rotatable bonds is 3. The summed E-state index contributed by atoms with van der Waals surface area (Å²) in [4.78, 5) is 14.7. The van der Waals surface area contributed by atoms with Gasteiger partial charge >= 0.3 is 0 Å². The predicted octanol–water partition coefficient (Wildman–Crippen LogP) is 3.44. The quantitative estimate of drug-likeness (QED) is 0.893. The van der Waals surface area contributed by atoms with Crippen molar-refractivity contribution in [2.75, 3.05) is 36.5 Å². The van der Waals surface area contributed by atoms with Crippen molar-refractivity contribution in [3.8, 4) is 5.75 Å². The van der Waals surface area contributed by atoms with Gasteiger partial charge in [-0.2, -0.15) is 0 Å². The van der Waals surface area contributed by atoms with Gasteiger partial charge in [0.15, 0.2) is 0 Å².